The van der Waals surface area contributed by atoms with Crippen molar-refractivity contribution in [3.63, 3.8) is 0 Å². The summed E-state index contributed by atoms with van der Waals surface area (Å²) in [5, 5.41) is 3.25. The summed E-state index contributed by atoms with van der Waals surface area (Å²) in [6.07, 6.45) is 6.65. The number of aromatic nitrogens is 2. The maximum atomic E-state index is 13.4. The first-order chi connectivity index (χ1) is 13.6. The summed E-state index contributed by atoms with van der Waals surface area (Å²) in [6.45, 7) is 9.41. The van der Waals surface area contributed by atoms with E-state index in [0.29, 0.717) is 5.69 Å². The van der Waals surface area contributed by atoms with E-state index in [1.54, 1.807) is 18.5 Å². The molecular weight excluding hydrogens is 360 g/mol. The molecule has 0 amide bonds. The Kier molecular flexibility index (Phi) is 10.9. The van der Waals surface area contributed by atoms with Gasteiger partial charge >= 0.3 is 18.9 Å². The van der Waals surface area contributed by atoms with Crippen LogP contribution in [0.4, 0.5) is 15.8 Å². The van der Waals surface area contributed by atoms with Gasteiger partial charge in [-0.25, -0.2) is 4.39 Å². The summed E-state index contributed by atoms with van der Waals surface area (Å²) in [7, 11) is 0. The zero-order chi connectivity index (χ0) is 20.4. The van der Waals surface area contributed by atoms with Crippen molar-refractivity contribution in [3.05, 3.63) is 86.3 Å². The molecule has 2 aromatic heterocycles. The van der Waals surface area contributed by atoms with Crippen molar-refractivity contribution in [1.82, 2.24) is 9.97 Å². The van der Waals surface area contributed by atoms with E-state index >= 15 is 0 Å². The molecule has 6 heteroatoms. The third-order valence-corrected chi connectivity index (χ3v) is 3.89. The predicted molar refractivity (Wildman–Crippen MR) is 111 cm³/mol. The van der Waals surface area contributed by atoms with Crippen LogP contribution in [-0.4, -0.2) is 16.3 Å². The van der Waals surface area contributed by atoms with Crippen LogP contribution in [0.15, 0.2) is 60.9 Å². The number of pyridine rings is 2. The molecule has 146 valence electrons. The number of halogens is 1. The summed E-state index contributed by atoms with van der Waals surface area (Å²) in [6, 6.07) is 14.1. The van der Waals surface area contributed by atoms with Crippen LogP contribution in [0.25, 0.3) is 11.3 Å². The minimum Gasteiger partial charge on any atom is -0.542 e. The Labute approximate surface area is 184 Å². The summed E-state index contributed by atoms with van der Waals surface area (Å²) < 4.78 is 13.4. The summed E-state index contributed by atoms with van der Waals surface area (Å²) in [4.78, 5) is 17.6. The maximum Gasteiger partial charge on any atom is 1.00 e. The Hall–Kier alpha value is -2.48. The molecule has 1 aromatic carbocycles. The molecule has 0 radical (unpaired) electrons. The molecule has 0 saturated carbocycles. The molecule has 3 aromatic rings. The van der Waals surface area contributed by atoms with E-state index in [1.165, 1.54) is 25.3 Å². The molecular formula is C23H23FLiN3O-2. The van der Waals surface area contributed by atoms with Crippen LogP contribution in [-0.2, 0) is 4.79 Å². The summed E-state index contributed by atoms with van der Waals surface area (Å²) >= 11 is 0. The fourth-order valence-corrected chi connectivity index (χ4v) is 2.62. The van der Waals surface area contributed by atoms with Crippen molar-refractivity contribution >= 4 is 17.7 Å². The van der Waals surface area contributed by atoms with Gasteiger partial charge in [0.2, 0.25) is 0 Å². The van der Waals surface area contributed by atoms with Gasteiger partial charge in [-0.1, -0.05) is 12.5 Å². The second-order valence-corrected chi connectivity index (χ2v) is 6.09. The summed E-state index contributed by atoms with van der Waals surface area (Å²) in [5.41, 5.74) is 4.14. The zero-order valence-electron chi connectivity index (χ0n) is 16.9. The van der Waals surface area contributed by atoms with Gasteiger partial charge in [-0.15, -0.1) is 5.92 Å². The third kappa shape index (κ3) is 7.81. The first-order valence-corrected chi connectivity index (χ1v) is 8.93. The number of rotatable bonds is 6. The van der Waals surface area contributed by atoms with Gasteiger partial charge in [0.1, 0.15) is 5.82 Å². The van der Waals surface area contributed by atoms with Crippen molar-refractivity contribution in [3.8, 4) is 11.3 Å². The SMILES string of the molecule is C[C-]=O.[CH2-]CCC([CH2-])c1cc(Nc2cccc(F)c2)cc(-c2cccnc2)n1.[Li+]. The largest absolute Gasteiger partial charge is 1.00 e. The van der Waals surface area contributed by atoms with E-state index < -0.39 is 0 Å². The molecule has 0 aliphatic rings. The standard InChI is InChI=1S/C21H20FN3.C2H3O.Li/c1-3-6-15(2)20-12-19(24-18-9-4-8-17(22)11-18)13-21(25-20)16-7-5-10-23-14-16;1-2-3;/h4-5,7-15H,1-3,6H2,(H,24,25);1H3;/q-2;-1;+1. The topological polar surface area (TPSA) is 54.9 Å². The molecule has 0 bridgehead atoms. The van der Waals surface area contributed by atoms with Crippen LogP contribution in [0.5, 0.6) is 0 Å². The van der Waals surface area contributed by atoms with Crippen LogP contribution in [0.1, 0.15) is 31.4 Å². The van der Waals surface area contributed by atoms with Gasteiger partial charge in [0.25, 0.3) is 0 Å². The Morgan fingerprint density at radius 2 is 1.93 bits per heavy atom. The monoisotopic (exact) mass is 383 g/mol. The quantitative estimate of drug-likeness (QED) is 0.525. The van der Waals surface area contributed by atoms with Crippen molar-refractivity contribution in [2.45, 2.75) is 25.7 Å². The molecule has 4 nitrogen and oxygen atoms in total. The van der Waals surface area contributed by atoms with Crippen molar-refractivity contribution in [2.24, 2.45) is 0 Å². The number of hydrogen-bond donors (Lipinski definition) is 1. The second-order valence-electron chi connectivity index (χ2n) is 6.09. The first-order valence-electron chi connectivity index (χ1n) is 8.93. The molecule has 0 aliphatic carbocycles. The van der Waals surface area contributed by atoms with Crippen LogP contribution in [0.2, 0.25) is 0 Å². The van der Waals surface area contributed by atoms with Crippen LogP contribution >= 0.6 is 0 Å². The Bertz CT molecular complexity index is 890. The molecule has 0 spiro atoms. The molecule has 0 aliphatic heterocycles. The molecule has 3 rings (SSSR count). The number of nitrogens with one attached hydrogen (secondary N) is 1. The average Bonchev–Trinajstić information content (AvgIpc) is 2.69. The Morgan fingerprint density at radius 1 is 1.17 bits per heavy atom. The van der Waals surface area contributed by atoms with Gasteiger partial charge in [-0.3, -0.25) is 16.3 Å². The van der Waals surface area contributed by atoms with Gasteiger partial charge < -0.3 is 24.0 Å². The Balaban J connectivity index is 0.000000990. The fourth-order valence-electron chi connectivity index (χ4n) is 2.62. The molecule has 1 N–H and O–H groups in total. The number of anilines is 2. The van der Waals surface area contributed by atoms with E-state index in [1.807, 2.05) is 30.3 Å². The van der Waals surface area contributed by atoms with Gasteiger partial charge in [-0.2, -0.15) is 13.3 Å². The van der Waals surface area contributed by atoms with Crippen molar-refractivity contribution < 1.29 is 28.0 Å². The fraction of sp³-hybridized carbons (Fsp3) is 0.174. The smallest absolute Gasteiger partial charge is 0.542 e. The molecule has 0 saturated heterocycles. The molecule has 29 heavy (non-hydrogen) atoms. The van der Waals surface area contributed by atoms with E-state index in [0.717, 1.165) is 35.5 Å². The van der Waals surface area contributed by atoms with E-state index in [9.17, 15) is 4.39 Å². The molecule has 1 atom stereocenters. The molecule has 0 fully saturated rings. The normalized spacial score (nSPS) is 10.8. The third-order valence-electron chi connectivity index (χ3n) is 3.89. The first kappa shape index (κ1) is 24.6. The second kappa shape index (κ2) is 12.9. The maximum absolute atomic E-state index is 13.4. The van der Waals surface area contributed by atoms with Crippen LogP contribution < -0.4 is 24.2 Å². The molecule has 2 heterocycles. The minimum atomic E-state index is -0.279. The number of hydrogen-bond acceptors (Lipinski definition) is 4. The number of carbonyl (C=O) groups excluding carboxylic acids is 1. The van der Waals surface area contributed by atoms with Gasteiger partial charge in [-0.05, 0) is 42.5 Å². The number of benzene rings is 1. The average molecular weight is 383 g/mol. The predicted octanol–water partition coefficient (Wildman–Crippen LogP) is 2.68. The molecule has 1 unspecified atom stereocenters. The van der Waals surface area contributed by atoms with Gasteiger partial charge in [0.05, 0.1) is 5.69 Å². The van der Waals surface area contributed by atoms with Crippen LogP contribution in [0, 0.1) is 19.7 Å². The van der Waals surface area contributed by atoms with E-state index in [-0.39, 0.29) is 30.6 Å². The van der Waals surface area contributed by atoms with Crippen molar-refractivity contribution in [1.29, 1.82) is 0 Å². The van der Waals surface area contributed by atoms with E-state index in [4.69, 9.17) is 9.78 Å². The van der Waals surface area contributed by atoms with Gasteiger partial charge in [0, 0.05) is 35.0 Å². The van der Waals surface area contributed by atoms with Crippen molar-refractivity contribution in [2.75, 3.05) is 5.32 Å². The Morgan fingerprint density at radius 3 is 2.55 bits per heavy atom. The van der Waals surface area contributed by atoms with E-state index in [2.05, 4.69) is 24.1 Å². The number of nitrogens with zero attached hydrogens (tertiary/aromatic N) is 2. The summed E-state index contributed by atoms with van der Waals surface area (Å²) in [5.74, 6) is -0.235. The van der Waals surface area contributed by atoms with Crippen LogP contribution in [0.3, 0.4) is 0 Å². The minimum absolute atomic E-state index is 0. The van der Waals surface area contributed by atoms with Gasteiger partial charge in [0.15, 0.2) is 0 Å². The zero-order valence-corrected chi connectivity index (χ0v) is 16.9.